The lowest BCUT2D eigenvalue weighted by Crippen LogP contribution is -2.44. The fourth-order valence-corrected chi connectivity index (χ4v) is 3.93. The standard InChI is InChI=1S/C13H22N2O2/c1-12(2)5-9-6-13(3,7-12)8-15(9)11(17)10(16)14-4/h9H,5-8H2,1-4H3,(H,14,16). The lowest BCUT2D eigenvalue weighted by atomic mass is 9.65. The summed E-state index contributed by atoms with van der Waals surface area (Å²) in [5, 5.41) is 2.42. The summed E-state index contributed by atoms with van der Waals surface area (Å²) in [6.45, 7) is 7.47. The minimum absolute atomic E-state index is 0.191. The van der Waals surface area contributed by atoms with Crippen LogP contribution >= 0.6 is 0 Å². The van der Waals surface area contributed by atoms with E-state index in [0.29, 0.717) is 0 Å². The largest absolute Gasteiger partial charge is 0.351 e. The van der Waals surface area contributed by atoms with Gasteiger partial charge in [0.2, 0.25) is 0 Å². The van der Waals surface area contributed by atoms with Gasteiger partial charge in [0.25, 0.3) is 0 Å². The topological polar surface area (TPSA) is 49.4 Å². The van der Waals surface area contributed by atoms with Gasteiger partial charge < -0.3 is 10.2 Å². The number of amides is 2. The molecule has 0 aromatic heterocycles. The highest BCUT2D eigenvalue weighted by molar-refractivity contribution is 6.35. The SMILES string of the molecule is CNC(=O)C(=O)N1CC2(C)CC1CC(C)(C)C2. The quantitative estimate of drug-likeness (QED) is 0.644. The molecule has 2 atom stereocenters. The van der Waals surface area contributed by atoms with Crippen LogP contribution in [0.25, 0.3) is 0 Å². The monoisotopic (exact) mass is 238 g/mol. The van der Waals surface area contributed by atoms with Crippen molar-refractivity contribution < 1.29 is 9.59 Å². The summed E-state index contributed by atoms with van der Waals surface area (Å²) in [4.78, 5) is 25.2. The molecule has 2 fully saturated rings. The third kappa shape index (κ3) is 2.17. The molecule has 4 heteroatoms. The lowest BCUT2D eigenvalue weighted by Gasteiger charge is -2.39. The summed E-state index contributed by atoms with van der Waals surface area (Å²) in [7, 11) is 1.51. The van der Waals surface area contributed by atoms with Gasteiger partial charge in [0, 0.05) is 19.6 Å². The van der Waals surface area contributed by atoms with Crippen LogP contribution < -0.4 is 5.32 Å². The van der Waals surface area contributed by atoms with Gasteiger partial charge in [-0.1, -0.05) is 20.8 Å². The summed E-state index contributed by atoms with van der Waals surface area (Å²) in [6.07, 6.45) is 3.18. The normalized spacial score (nSPS) is 34.6. The van der Waals surface area contributed by atoms with Gasteiger partial charge in [-0.05, 0) is 30.1 Å². The first kappa shape index (κ1) is 12.4. The molecule has 4 nitrogen and oxygen atoms in total. The van der Waals surface area contributed by atoms with Crippen LogP contribution in [0.2, 0.25) is 0 Å². The number of likely N-dealkylation sites (N-methyl/N-ethyl adjacent to an activating group) is 1. The fraction of sp³-hybridized carbons (Fsp3) is 0.846. The summed E-state index contributed by atoms with van der Waals surface area (Å²) >= 11 is 0. The average Bonchev–Trinajstić information content (AvgIpc) is 2.45. The van der Waals surface area contributed by atoms with E-state index in [9.17, 15) is 9.59 Å². The number of likely N-dealkylation sites (tertiary alicyclic amines) is 1. The molecular weight excluding hydrogens is 216 g/mol. The van der Waals surface area contributed by atoms with Crippen molar-refractivity contribution >= 4 is 11.8 Å². The van der Waals surface area contributed by atoms with Crippen LogP contribution in [-0.2, 0) is 9.59 Å². The Kier molecular flexibility index (Phi) is 2.71. The highest BCUT2D eigenvalue weighted by atomic mass is 16.2. The first-order valence-corrected chi connectivity index (χ1v) is 6.29. The van der Waals surface area contributed by atoms with Crippen LogP contribution in [0.1, 0.15) is 40.0 Å². The maximum Gasteiger partial charge on any atom is 0.312 e. The van der Waals surface area contributed by atoms with Gasteiger partial charge >= 0.3 is 11.8 Å². The molecule has 1 heterocycles. The van der Waals surface area contributed by atoms with E-state index in [1.165, 1.54) is 7.05 Å². The van der Waals surface area contributed by atoms with Crippen molar-refractivity contribution in [1.29, 1.82) is 0 Å². The molecule has 96 valence electrons. The number of hydrogen-bond acceptors (Lipinski definition) is 2. The number of nitrogens with zero attached hydrogens (tertiary/aromatic N) is 1. The zero-order valence-corrected chi connectivity index (χ0v) is 11.2. The number of hydrogen-bond donors (Lipinski definition) is 1. The Morgan fingerprint density at radius 3 is 2.47 bits per heavy atom. The van der Waals surface area contributed by atoms with E-state index in [0.717, 1.165) is 25.8 Å². The number of carbonyl (C=O) groups is 2. The Morgan fingerprint density at radius 2 is 1.88 bits per heavy atom. The van der Waals surface area contributed by atoms with Gasteiger partial charge in [0.05, 0.1) is 0 Å². The Bertz CT molecular complexity index is 364. The molecule has 0 radical (unpaired) electrons. The minimum Gasteiger partial charge on any atom is -0.351 e. The van der Waals surface area contributed by atoms with E-state index in [-0.39, 0.29) is 22.8 Å². The predicted octanol–water partition coefficient (Wildman–Crippen LogP) is 1.16. The molecule has 1 saturated heterocycles. The number of carbonyl (C=O) groups excluding carboxylic acids is 2. The summed E-state index contributed by atoms with van der Waals surface area (Å²) in [5.41, 5.74) is 0.464. The Balaban J connectivity index is 2.19. The van der Waals surface area contributed by atoms with Crippen molar-refractivity contribution in [3.8, 4) is 0 Å². The van der Waals surface area contributed by atoms with E-state index < -0.39 is 5.91 Å². The molecule has 1 N–H and O–H groups in total. The van der Waals surface area contributed by atoms with Crippen LogP contribution in [0.4, 0.5) is 0 Å². The van der Waals surface area contributed by atoms with Crippen LogP contribution in [0, 0.1) is 10.8 Å². The molecule has 2 rings (SSSR count). The zero-order chi connectivity index (χ0) is 12.8. The fourth-order valence-electron chi connectivity index (χ4n) is 3.93. The second-order valence-corrected chi connectivity index (χ2v) is 6.73. The number of rotatable bonds is 0. The van der Waals surface area contributed by atoms with Crippen LogP contribution in [0.5, 0.6) is 0 Å². The van der Waals surface area contributed by atoms with E-state index in [4.69, 9.17) is 0 Å². The van der Waals surface area contributed by atoms with Gasteiger partial charge in [-0.3, -0.25) is 9.59 Å². The van der Waals surface area contributed by atoms with E-state index in [2.05, 4.69) is 26.1 Å². The minimum atomic E-state index is -0.487. The molecule has 2 aliphatic rings. The van der Waals surface area contributed by atoms with Crippen molar-refractivity contribution in [2.75, 3.05) is 13.6 Å². The summed E-state index contributed by atoms with van der Waals surface area (Å²) in [6, 6.07) is 0.244. The van der Waals surface area contributed by atoms with Crippen LogP contribution in [0.3, 0.4) is 0 Å². The van der Waals surface area contributed by atoms with Gasteiger partial charge in [-0.15, -0.1) is 0 Å². The molecule has 0 aromatic rings. The summed E-state index contributed by atoms with van der Waals surface area (Å²) < 4.78 is 0. The van der Waals surface area contributed by atoms with E-state index in [1.54, 1.807) is 4.90 Å². The van der Waals surface area contributed by atoms with Crippen molar-refractivity contribution in [3.63, 3.8) is 0 Å². The molecular formula is C13H22N2O2. The molecule has 2 bridgehead atoms. The molecule has 1 saturated carbocycles. The van der Waals surface area contributed by atoms with Crippen molar-refractivity contribution in [2.24, 2.45) is 10.8 Å². The second kappa shape index (κ2) is 3.72. The third-order valence-electron chi connectivity index (χ3n) is 4.10. The van der Waals surface area contributed by atoms with Gasteiger partial charge in [-0.25, -0.2) is 0 Å². The molecule has 0 spiro atoms. The maximum absolute atomic E-state index is 12.0. The third-order valence-corrected chi connectivity index (χ3v) is 4.10. The summed E-state index contributed by atoms with van der Waals surface area (Å²) in [5.74, 6) is -0.849. The van der Waals surface area contributed by atoms with Gasteiger partial charge in [0.1, 0.15) is 0 Å². The first-order chi connectivity index (χ1) is 7.76. The van der Waals surface area contributed by atoms with Gasteiger partial charge in [0.15, 0.2) is 0 Å². The molecule has 2 unspecified atom stereocenters. The van der Waals surface area contributed by atoms with Crippen molar-refractivity contribution in [1.82, 2.24) is 10.2 Å². The average molecular weight is 238 g/mol. The molecule has 1 aliphatic carbocycles. The zero-order valence-electron chi connectivity index (χ0n) is 11.2. The van der Waals surface area contributed by atoms with E-state index in [1.807, 2.05) is 0 Å². The lowest BCUT2D eigenvalue weighted by molar-refractivity contribution is -0.146. The second-order valence-electron chi connectivity index (χ2n) is 6.73. The highest BCUT2D eigenvalue weighted by Crippen LogP contribution is 2.52. The van der Waals surface area contributed by atoms with Crippen LogP contribution in [0.15, 0.2) is 0 Å². The Morgan fingerprint density at radius 1 is 1.24 bits per heavy atom. The molecule has 0 aromatic carbocycles. The van der Waals surface area contributed by atoms with Crippen molar-refractivity contribution in [3.05, 3.63) is 0 Å². The van der Waals surface area contributed by atoms with Crippen molar-refractivity contribution in [2.45, 2.75) is 46.1 Å². The predicted molar refractivity (Wildman–Crippen MR) is 65.3 cm³/mol. The van der Waals surface area contributed by atoms with Crippen LogP contribution in [-0.4, -0.2) is 36.3 Å². The maximum atomic E-state index is 12.0. The van der Waals surface area contributed by atoms with E-state index >= 15 is 0 Å². The molecule has 17 heavy (non-hydrogen) atoms. The molecule has 2 amide bonds. The smallest absolute Gasteiger partial charge is 0.312 e. The Labute approximate surface area is 103 Å². The number of nitrogens with one attached hydrogen (secondary N) is 1. The van der Waals surface area contributed by atoms with Gasteiger partial charge in [-0.2, -0.15) is 0 Å². The first-order valence-electron chi connectivity index (χ1n) is 6.29. The Hall–Kier alpha value is -1.06. The molecule has 1 aliphatic heterocycles. The number of fused-ring (bicyclic) bond motifs is 2. The highest BCUT2D eigenvalue weighted by Gasteiger charge is 2.51.